The van der Waals surface area contributed by atoms with Gasteiger partial charge in [0, 0.05) is 32.8 Å². The van der Waals surface area contributed by atoms with Crippen LogP contribution in [-0.2, 0) is 4.74 Å². The standard InChI is InChI=1S/C10H22N2O2/c1-12(9-3-4-9)6-5-11-7-10(13)8-14-2/h9-11,13H,3-8H2,1-2H3. The Morgan fingerprint density at radius 2 is 2.29 bits per heavy atom. The van der Waals surface area contributed by atoms with E-state index in [2.05, 4.69) is 17.3 Å². The first kappa shape index (κ1) is 11.9. The molecule has 0 spiro atoms. The third-order valence-corrected chi connectivity index (χ3v) is 2.55. The highest BCUT2D eigenvalue weighted by molar-refractivity contribution is 4.82. The summed E-state index contributed by atoms with van der Waals surface area (Å²) in [6, 6.07) is 0.820. The molecule has 0 amide bonds. The molecular weight excluding hydrogens is 180 g/mol. The molecule has 0 aliphatic heterocycles. The normalized spacial score (nSPS) is 18.9. The first-order valence-corrected chi connectivity index (χ1v) is 5.32. The van der Waals surface area contributed by atoms with Gasteiger partial charge in [0.25, 0.3) is 0 Å². The van der Waals surface area contributed by atoms with E-state index in [0.717, 1.165) is 19.1 Å². The maximum atomic E-state index is 9.33. The van der Waals surface area contributed by atoms with Gasteiger partial charge in [0.2, 0.25) is 0 Å². The Morgan fingerprint density at radius 3 is 2.86 bits per heavy atom. The summed E-state index contributed by atoms with van der Waals surface area (Å²) < 4.78 is 4.83. The highest BCUT2D eigenvalue weighted by atomic mass is 16.5. The number of ether oxygens (including phenoxy) is 1. The summed E-state index contributed by atoms with van der Waals surface area (Å²) in [6.45, 7) is 3.02. The van der Waals surface area contributed by atoms with Crippen molar-refractivity contribution in [3.63, 3.8) is 0 Å². The van der Waals surface area contributed by atoms with E-state index in [1.54, 1.807) is 7.11 Å². The molecule has 14 heavy (non-hydrogen) atoms. The summed E-state index contributed by atoms with van der Waals surface area (Å²) >= 11 is 0. The number of hydrogen-bond acceptors (Lipinski definition) is 4. The lowest BCUT2D eigenvalue weighted by molar-refractivity contribution is 0.0643. The van der Waals surface area contributed by atoms with Crippen LogP contribution in [0, 0.1) is 0 Å². The molecule has 1 atom stereocenters. The Labute approximate surface area is 86.2 Å². The van der Waals surface area contributed by atoms with E-state index >= 15 is 0 Å². The first-order valence-electron chi connectivity index (χ1n) is 5.32. The number of nitrogens with zero attached hydrogens (tertiary/aromatic N) is 1. The van der Waals surface area contributed by atoms with E-state index in [1.807, 2.05) is 0 Å². The van der Waals surface area contributed by atoms with Crippen LogP contribution in [0.15, 0.2) is 0 Å². The van der Waals surface area contributed by atoms with Crippen molar-refractivity contribution >= 4 is 0 Å². The summed E-state index contributed by atoms with van der Waals surface area (Å²) in [6.07, 6.45) is 2.32. The minimum atomic E-state index is -0.383. The summed E-state index contributed by atoms with van der Waals surface area (Å²) in [5.41, 5.74) is 0. The zero-order valence-corrected chi connectivity index (χ0v) is 9.20. The van der Waals surface area contributed by atoms with Gasteiger partial charge in [-0.15, -0.1) is 0 Å². The van der Waals surface area contributed by atoms with Crippen molar-refractivity contribution in [1.29, 1.82) is 0 Å². The molecular formula is C10H22N2O2. The molecule has 4 nitrogen and oxygen atoms in total. The SMILES string of the molecule is COCC(O)CNCCN(C)C1CC1. The lowest BCUT2D eigenvalue weighted by Gasteiger charge is -2.16. The number of likely N-dealkylation sites (N-methyl/N-ethyl adjacent to an activating group) is 1. The van der Waals surface area contributed by atoms with Crippen LogP contribution in [0.3, 0.4) is 0 Å². The molecule has 4 heteroatoms. The van der Waals surface area contributed by atoms with Crippen molar-refractivity contribution in [2.45, 2.75) is 25.0 Å². The molecule has 2 N–H and O–H groups in total. The topological polar surface area (TPSA) is 44.7 Å². The van der Waals surface area contributed by atoms with Gasteiger partial charge in [-0.1, -0.05) is 0 Å². The Morgan fingerprint density at radius 1 is 1.57 bits per heavy atom. The molecule has 1 fully saturated rings. The van der Waals surface area contributed by atoms with Gasteiger partial charge in [0.05, 0.1) is 12.7 Å². The Kier molecular flexibility index (Phi) is 5.40. The number of hydrogen-bond donors (Lipinski definition) is 2. The van der Waals surface area contributed by atoms with Gasteiger partial charge in [0.15, 0.2) is 0 Å². The average molecular weight is 202 g/mol. The number of nitrogens with one attached hydrogen (secondary N) is 1. The van der Waals surface area contributed by atoms with Crippen LogP contribution < -0.4 is 5.32 Å². The molecule has 84 valence electrons. The Hall–Kier alpha value is -0.160. The van der Waals surface area contributed by atoms with Crippen LogP contribution in [0.1, 0.15) is 12.8 Å². The second-order valence-corrected chi connectivity index (χ2v) is 4.03. The maximum Gasteiger partial charge on any atom is 0.0897 e. The first-order chi connectivity index (χ1) is 6.74. The molecule has 0 aromatic heterocycles. The molecule has 0 aromatic carbocycles. The molecule has 1 rings (SSSR count). The van der Waals surface area contributed by atoms with Gasteiger partial charge < -0.3 is 20.1 Å². The van der Waals surface area contributed by atoms with Crippen LogP contribution in [0.2, 0.25) is 0 Å². The summed E-state index contributed by atoms with van der Waals surface area (Å²) in [5.74, 6) is 0. The zero-order valence-electron chi connectivity index (χ0n) is 9.20. The third-order valence-electron chi connectivity index (χ3n) is 2.55. The van der Waals surface area contributed by atoms with E-state index in [1.165, 1.54) is 12.8 Å². The fourth-order valence-electron chi connectivity index (χ4n) is 1.47. The third kappa shape index (κ3) is 4.91. The van der Waals surface area contributed by atoms with Crippen molar-refractivity contribution in [2.75, 3.05) is 40.4 Å². The Balaban J connectivity index is 1.87. The molecule has 0 heterocycles. The molecule has 0 bridgehead atoms. The zero-order chi connectivity index (χ0) is 10.4. The van der Waals surface area contributed by atoms with Crippen molar-refractivity contribution in [3.8, 4) is 0 Å². The lowest BCUT2D eigenvalue weighted by Crippen LogP contribution is -2.36. The van der Waals surface area contributed by atoms with Gasteiger partial charge >= 0.3 is 0 Å². The molecule has 0 radical (unpaired) electrons. The Bertz CT molecular complexity index is 151. The molecule has 1 aliphatic carbocycles. The predicted molar refractivity (Wildman–Crippen MR) is 56.4 cm³/mol. The number of methoxy groups -OCH3 is 1. The van der Waals surface area contributed by atoms with Crippen LogP contribution in [-0.4, -0.2) is 62.6 Å². The van der Waals surface area contributed by atoms with Gasteiger partial charge in [-0.2, -0.15) is 0 Å². The van der Waals surface area contributed by atoms with E-state index in [-0.39, 0.29) is 6.10 Å². The second-order valence-electron chi connectivity index (χ2n) is 4.03. The van der Waals surface area contributed by atoms with Crippen molar-refractivity contribution in [2.24, 2.45) is 0 Å². The fraction of sp³-hybridized carbons (Fsp3) is 1.00. The van der Waals surface area contributed by atoms with E-state index < -0.39 is 0 Å². The fourth-order valence-corrected chi connectivity index (χ4v) is 1.47. The van der Waals surface area contributed by atoms with Gasteiger partial charge in [-0.25, -0.2) is 0 Å². The number of rotatable bonds is 8. The molecule has 1 aliphatic rings. The quantitative estimate of drug-likeness (QED) is 0.529. The summed E-state index contributed by atoms with van der Waals surface area (Å²) in [4.78, 5) is 2.37. The van der Waals surface area contributed by atoms with Gasteiger partial charge in [0.1, 0.15) is 0 Å². The highest BCUT2D eigenvalue weighted by Gasteiger charge is 2.25. The molecule has 1 saturated carbocycles. The molecule has 0 aromatic rings. The largest absolute Gasteiger partial charge is 0.389 e. The smallest absolute Gasteiger partial charge is 0.0897 e. The molecule has 1 unspecified atom stereocenters. The predicted octanol–water partition coefficient (Wildman–Crippen LogP) is -0.322. The van der Waals surface area contributed by atoms with Crippen molar-refractivity contribution < 1.29 is 9.84 Å². The number of aliphatic hydroxyl groups is 1. The molecule has 0 saturated heterocycles. The monoisotopic (exact) mass is 202 g/mol. The van der Waals surface area contributed by atoms with Crippen LogP contribution >= 0.6 is 0 Å². The van der Waals surface area contributed by atoms with Crippen LogP contribution in [0.25, 0.3) is 0 Å². The van der Waals surface area contributed by atoms with E-state index in [9.17, 15) is 5.11 Å². The average Bonchev–Trinajstić information content (AvgIpc) is 2.95. The van der Waals surface area contributed by atoms with Crippen LogP contribution in [0.5, 0.6) is 0 Å². The summed E-state index contributed by atoms with van der Waals surface area (Å²) in [5, 5.41) is 12.5. The van der Waals surface area contributed by atoms with Crippen LogP contribution in [0.4, 0.5) is 0 Å². The minimum Gasteiger partial charge on any atom is -0.389 e. The summed E-state index contributed by atoms with van der Waals surface area (Å²) in [7, 11) is 3.76. The van der Waals surface area contributed by atoms with E-state index in [4.69, 9.17) is 4.74 Å². The lowest BCUT2D eigenvalue weighted by atomic mass is 10.3. The van der Waals surface area contributed by atoms with Gasteiger partial charge in [-0.05, 0) is 19.9 Å². The van der Waals surface area contributed by atoms with Gasteiger partial charge in [-0.3, -0.25) is 0 Å². The van der Waals surface area contributed by atoms with Crippen molar-refractivity contribution in [3.05, 3.63) is 0 Å². The maximum absolute atomic E-state index is 9.33. The second kappa shape index (κ2) is 6.35. The number of aliphatic hydroxyl groups excluding tert-OH is 1. The minimum absolute atomic E-state index is 0.383. The van der Waals surface area contributed by atoms with Crippen molar-refractivity contribution in [1.82, 2.24) is 10.2 Å². The highest BCUT2D eigenvalue weighted by Crippen LogP contribution is 2.24. The van der Waals surface area contributed by atoms with E-state index in [0.29, 0.717) is 13.2 Å².